The fourth-order valence-corrected chi connectivity index (χ4v) is 1.86. The Morgan fingerprint density at radius 3 is 2.56 bits per heavy atom. The summed E-state index contributed by atoms with van der Waals surface area (Å²) in [4.78, 5) is 9.07. The van der Waals surface area contributed by atoms with Crippen molar-refractivity contribution < 1.29 is 17.9 Å². The quantitative estimate of drug-likeness (QED) is 0.374. The minimum absolute atomic E-state index is 0.382. The van der Waals surface area contributed by atoms with Gasteiger partial charge >= 0.3 is 10.1 Å². The lowest BCUT2D eigenvalue weighted by Gasteiger charge is -2.01. The topological polar surface area (TPSA) is 97.5 Å². The zero-order valence-corrected chi connectivity index (χ0v) is 8.98. The van der Waals surface area contributed by atoms with Gasteiger partial charge in [0.15, 0.2) is 4.90 Å². The monoisotopic (exact) mass is 243 g/mol. The number of benzene rings is 1. The van der Waals surface area contributed by atoms with Crippen LogP contribution in [0.1, 0.15) is 5.56 Å². The normalized spacial score (nSPS) is 11.1. The highest BCUT2D eigenvalue weighted by Crippen LogP contribution is 2.24. The summed E-state index contributed by atoms with van der Waals surface area (Å²) in [5.74, 6) is 0. The summed E-state index contributed by atoms with van der Waals surface area (Å²) < 4.78 is 30.5. The Hall–Kier alpha value is -1.73. The summed E-state index contributed by atoms with van der Waals surface area (Å²) in [6.07, 6.45) is 1.92. The first-order valence-corrected chi connectivity index (χ1v) is 5.66. The van der Waals surface area contributed by atoms with E-state index in [0.29, 0.717) is 12.0 Å². The number of allylic oxidation sites excluding steroid dienone is 1. The zero-order chi connectivity index (χ0) is 12.3. The molecule has 1 rings (SSSR count). The molecule has 0 saturated carbocycles. The molecule has 0 aromatic heterocycles. The molecule has 0 aliphatic carbocycles. The summed E-state index contributed by atoms with van der Waals surface area (Å²) in [5.41, 5.74) is -0.0871. The second kappa shape index (κ2) is 4.42. The van der Waals surface area contributed by atoms with Crippen LogP contribution in [0.15, 0.2) is 35.7 Å². The summed E-state index contributed by atoms with van der Waals surface area (Å²) in [6.45, 7) is 3.46. The second-order valence-electron chi connectivity index (χ2n) is 3.03. The van der Waals surface area contributed by atoms with Crippen molar-refractivity contribution in [2.45, 2.75) is 11.3 Å². The first-order chi connectivity index (χ1) is 7.36. The van der Waals surface area contributed by atoms with E-state index in [1.54, 1.807) is 0 Å². The minimum Gasteiger partial charge on any atom is -0.282 e. The van der Waals surface area contributed by atoms with Gasteiger partial charge in [0.1, 0.15) is 0 Å². The van der Waals surface area contributed by atoms with Crippen molar-refractivity contribution in [3.8, 4) is 0 Å². The van der Waals surface area contributed by atoms with Gasteiger partial charge in [-0.05, 0) is 18.1 Å². The van der Waals surface area contributed by atoms with Crippen molar-refractivity contribution in [1.29, 1.82) is 0 Å². The lowest BCUT2D eigenvalue weighted by Crippen LogP contribution is -2.03. The number of hydrogen-bond acceptors (Lipinski definition) is 4. The molecule has 0 amide bonds. The van der Waals surface area contributed by atoms with Crippen molar-refractivity contribution in [3.05, 3.63) is 46.5 Å². The SMILES string of the molecule is C=CCc1ccc(S(=O)(=O)O)c([N+](=O)[O-])c1. The van der Waals surface area contributed by atoms with Crippen LogP contribution in [0.4, 0.5) is 5.69 Å². The maximum Gasteiger partial charge on any atom is 0.301 e. The van der Waals surface area contributed by atoms with Crippen LogP contribution in [0.5, 0.6) is 0 Å². The Morgan fingerprint density at radius 1 is 1.50 bits per heavy atom. The standard InChI is InChI=1S/C9H9NO5S/c1-2-3-7-4-5-9(16(13,14)15)8(6-7)10(11)12/h2,4-6H,1,3H2,(H,13,14,15). The van der Waals surface area contributed by atoms with Crippen LogP contribution in [0.2, 0.25) is 0 Å². The van der Waals surface area contributed by atoms with Crippen LogP contribution in [0.3, 0.4) is 0 Å². The van der Waals surface area contributed by atoms with E-state index >= 15 is 0 Å². The van der Waals surface area contributed by atoms with E-state index in [1.165, 1.54) is 12.1 Å². The number of rotatable bonds is 4. The highest BCUT2D eigenvalue weighted by Gasteiger charge is 2.23. The summed E-state index contributed by atoms with van der Waals surface area (Å²) in [6, 6.07) is 3.49. The number of nitro groups is 1. The molecular weight excluding hydrogens is 234 g/mol. The molecule has 0 heterocycles. The van der Waals surface area contributed by atoms with Crippen molar-refractivity contribution in [1.82, 2.24) is 0 Å². The van der Waals surface area contributed by atoms with Gasteiger partial charge < -0.3 is 0 Å². The fraction of sp³-hybridized carbons (Fsp3) is 0.111. The highest BCUT2D eigenvalue weighted by atomic mass is 32.2. The Morgan fingerprint density at radius 2 is 2.12 bits per heavy atom. The van der Waals surface area contributed by atoms with Crippen LogP contribution in [0.25, 0.3) is 0 Å². The third-order valence-corrected chi connectivity index (χ3v) is 2.78. The molecule has 86 valence electrons. The van der Waals surface area contributed by atoms with Gasteiger partial charge in [-0.1, -0.05) is 12.1 Å². The molecule has 0 fully saturated rings. The van der Waals surface area contributed by atoms with Gasteiger partial charge in [0.2, 0.25) is 0 Å². The molecule has 0 bridgehead atoms. The zero-order valence-electron chi connectivity index (χ0n) is 8.16. The molecule has 1 aromatic rings. The molecule has 0 atom stereocenters. The predicted molar refractivity (Wildman–Crippen MR) is 56.8 cm³/mol. The molecule has 1 N–H and O–H groups in total. The van der Waals surface area contributed by atoms with E-state index in [4.69, 9.17) is 4.55 Å². The molecule has 0 aliphatic rings. The lowest BCUT2D eigenvalue weighted by atomic mass is 10.1. The highest BCUT2D eigenvalue weighted by molar-refractivity contribution is 7.86. The van der Waals surface area contributed by atoms with Gasteiger partial charge in [-0.25, -0.2) is 0 Å². The van der Waals surface area contributed by atoms with Gasteiger partial charge in [0.25, 0.3) is 5.69 Å². The Kier molecular flexibility index (Phi) is 3.41. The lowest BCUT2D eigenvalue weighted by molar-refractivity contribution is -0.387. The molecule has 1 aromatic carbocycles. The molecule has 0 unspecified atom stereocenters. The summed E-state index contributed by atoms with van der Waals surface area (Å²) in [5, 5.41) is 10.6. The third-order valence-electron chi connectivity index (χ3n) is 1.88. The molecule has 0 saturated heterocycles. The third kappa shape index (κ3) is 2.65. The average molecular weight is 243 g/mol. The van der Waals surface area contributed by atoms with E-state index in [-0.39, 0.29) is 0 Å². The average Bonchev–Trinajstić information content (AvgIpc) is 2.16. The van der Waals surface area contributed by atoms with Crippen LogP contribution in [-0.2, 0) is 16.5 Å². The maximum absolute atomic E-state index is 10.9. The molecule has 0 radical (unpaired) electrons. The molecule has 7 heteroatoms. The first-order valence-electron chi connectivity index (χ1n) is 4.22. The number of nitrogens with zero attached hydrogens (tertiary/aromatic N) is 1. The number of hydrogen-bond donors (Lipinski definition) is 1. The molecule has 0 spiro atoms. The Labute approximate surface area is 92.1 Å². The van der Waals surface area contributed by atoms with Crippen molar-refractivity contribution in [2.75, 3.05) is 0 Å². The predicted octanol–water partition coefficient (Wildman–Crippen LogP) is 1.57. The smallest absolute Gasteiger partial charge is 0.282 e. The molecular formula is C9H9NO5S. The largest absolute Gasteiger partial charge is 0.301 e. The van der Waals surface area contributed by atoms with Gasteiger partial charge in [-0.15, -0.1) is 6.58 Å². The van der Waals surface area contributed by atoms with E-state index in [2.05, 4.69) is 6.58 Å². The Balaban J connectivity index is 3.42. The van der Waals surface area contributed by atoms with Crippen LogP contribution < -0.4 is 0 Å². The van der Waals surface area contributed by atoms with Crippen LogP contribution in [0, 0.1) is 10.1 Å². The van der Waals surface area contributed by atoms with Crippen molar-refractivity contribution in [3.63, 3.8) is 0 Å². The Bertz CT molecular complexity index is 535. The van der Waals surface area contributed by atoms with Gasteiger partial charge in [0, 0.05) is 6.07 Å². The number of nitro benzene ring substituents is 1. The van der Waals surface area contributed by atoms with Crippen molar-refractivity contribution >= 4 is 15.8 Å². The summed E-state index contributed by atoms with van der Waals surface area (Å²) in [7, 11) is -4.58. The molecule has 0 aliphatic heterocycles. The van der Waals surface area contributed by atoms with E-state index in [0.717, 1.165) is 12.1 Å². The van der Waals surface area contributed by atoms with Crippen molar-refractivity contribution in [2.24, 2.45) is 0 Å². The van der Waals surface area contributed by atoms with Gasteiger partial charge in [0.05, 0.1) is 4.92 Å². The van der Waals surface area contributed by atoms with Gasteiger partial charge in [-0.3, -0.25) is 14.7 Å². The van der Waals surface area contributed by atoms with Crippen LogP contribution in [-0.4, -0.2) is 17.9 Å². The molecule has 16 heavy (non-hydrogen) atoms. The van der Waals surface area contributed by atoms with E-state index < -0.39 is 25.6 Å². The maximum atomic E-state index is 10.9. The van der Waals surface area contributed by atoms with E-state index in [9.17, 15) is 18.5 Å². The van der Waals surface area contributed by atoms with E-state index in [1.807, 2.05) is 0 Å². The second-order valence-corrected chi connectivity index (χ2v) is 4.42. The fourth-order valence-electron chi connectivity index (χ4n) is 1.22. The molecule has 6 nitrogen and oxygen atoms in total. The minimum atomic E-state index is -4.58. The first kappa shape index (κ1) is 12.3. The van der Waals surface area contributed by atoms with Crippen LogP contribution >= 0.6 is 0 Å². The summed E-state index contributed by atoms with van der Waals surface area (Å²) >= 11 is 0. The van der Waals surface area contributed by atoms with Gasteiger partial charge in [-0.2, -0.15) is 8.42 Å².